The third-order valence-electron chi connectivity index (χ3n) is 2.24. The fourth-order valence-corrected chi connectivity index (χ4v) is 2.87. The highest BCUT2D eigenvalue weighted by Crippen LogP contribution is 2.21. The van der Waals surface area contributed by atoms with E-state index in [0.717, 1.165) is 18.8 Å². The second-order valence-electron chi connectivity index (χ2n) is 3.55. The Morgan fingerprint density at radius 1 is 1.06 bits per heavy atom. The summed E-state index contributed by atoms with van der Waals surface area (Å²) in [5.41, 5.74) is 7.69. The molecule has 2 nitrogen and oxygen atoms in total. The molecule has 0 saturated heterocycles. The van der Waals surface area contributed by atoms with Crippen molar-refractivity contribution in [1.82, 2.24) is 5.32 Å². The molecule has 0 unspecified atom stereocenters. The van der Waals surface area contributed by atoms with Gasteiger partial charge in [-0.15, -0.1) is 11.3 Å². The number of rotatable bonds is 4. The molecule has 0 aliphatic carbocycles. The number of halogens is 1. The van der Waals surface area contributed by atoms with E-state index >= 15 is 0 Å². The molecular formula is C12H13BrN2S. The number of benzene rings is 1. The normalized spacial score (nSPS) is 10.6. The first-order valence-corrected chi connectivity index (χ1v) is 6.64. The largest absolute Gasteiger partial charge is 0.399 e. The van der Waals surface area contributed by atoms with Crippen molar-refractivity contribution in [3.8, 4) is 0 Å². The van der Waals surface area contributed by atoms with E-state index in [2.05, 4.69) is 33.4 Å². The molecule has 1 aromatic heterocycles. The average molecular weight is 297 g/mol. The van der Waals surface area contributed by atoms with E-state index in [9.17, 15) is 0 Å². The van der Waals surface area contributed by atoms with Gasteiger partial charge in [-0.3, -0.25) is 0 Å². The zero-order chi connectivity index (χ0) is 11.4. The van der Waals surface area contributed by atoms with Crippen molar-refractivity contribution in [2.24, 2.45) is 0 Å². The molecule has 1 heterocycles. The van der Waals surface area contributed by atoms with Crippen LogP contribution in [0.3, 0.4) is 0 Å². The summed E-state index contributed by atoms with van der Waals surface area (Å²) in [6.45, 7) is 1.77. The molecule has 0 fully saturated rings. The Bertz CT molecular complexity index is 450. The van der Waals surface area contributed by atoms with Gasteiger partial charge in [0.05, 0.1) is 3.79 Å². The molecule has 0 atom stereocenters. The van der Waals surface area contributed by atoms with Gasteiger partial charge in [-0.05, 0) is 45.8 Å². The Labute approximate surface area is 108 Å². The maximum Gasteiger partial charge on any atom is 0.0701 e. The van der Waals surface area contributed by atoms with Crippen molar-refractivity contribution < 1.29 is 0 Å². The quantitative estimate of drug-likeness (QED) is 0.849. The molecule has 3 N–H and O–H groups in total. The topological polar surface area (TPSA) is 38.0 Å². The third kappa shape index (κ3) is 3.33. The van der Waals surface area contributed by atoms with Crippen LogP contribution in [0.15, 0.2) is 40.2 Å². The van der Waals surface area contributed by atoms with Crippen LogP contribution >= 0.6 is 27.3 Å². The molecule has 2 rings (SSSR count). The molecule has 84 valence electrons. The third-order valence-corrected chi connectivity index (χ3v) is 3.86. The zero-order valence-corrected chi connectivity index (χ0v) is 11.1. The maximum atomic E-state index is 5.63. The smallest absolute Gasteiger partial charge is 0.0701 e. The van der Waals surface area contributed by atoms with E-state index in [1.165, 1.54) is 14.2 Å². The summed E-state index contributed by atoms with van der Waals surface area (Å²) in [7, 11) is 0. The zero-order valence-electron chi connectivity index (χ0n) is 8.74. The summed E-state index contributed by atoms with van der Waals surface area (Å²) in [5, 5.41) is 3.40. The molecule has 1 aromatic carbocycles. The van der Waals surface area contributed by atoms with Crippen molar-refractivity contribution >= 4 is 33.0 Å². The highest BCUT2D eigenvalue weighted by Gasteiger charge is 1.97. The lowest BCUT2D eigenvalue weighted by atomic mass is 10.2. The molecular weight excluding hydrogens is 284 g/mol. The molecule has 0 bridgehead atoms. The fraction of sp³-hybridized carbons (Fsp3) is 0.167. The maximum absolute atomic E-state index is 5.63. The number of thiophene rings is 1. The van der Waals surface area contributed by atoms with Crippen LogP contribution in [0.4, 0.5) is 5.69 Å². The van der Waals surface area contributed by atoms with Gasteiger partial charge >= 0.3 is 0 Å². The summed E-state index contributed by atoms with van der Waals surface area (Å²) >= 11 is 5.21. The number of hydrogen-bond acceptors (Lipinski definition) is 3. The predicted octanol–water partition coefficient (Wildman–Crippen LogP) is 3.38. The van der Waals surface area contributed by atoms with Crippen LogP contribution in [0.5, 0.6) is 0 Å². The predicted molar refractivity (Wildman–Crippen MR) is 73.4 cm³/mol. The Hall–Kier alpha value is -0.840. The van der Waals surface area contributed by atoms with E-state index in [4.69, 9.17) is 5.73 Å². The first kappa shape index (κ1) is 11.6. The van der Waals surface area contributed by atoms with Crippen molar-refractivity contribution in [2.75, 3.05) is 5.73 Å². The monoisotopic (exact) mass is 296 g/mol. The standard InChI is InChI=1S/C12H13BrN2S/c13-12-6-5-11(16-12)8-15-7-9-1-3-10(14)4-2-9/h1-6,15H,7-8,14H2. The fourth-order valence-electron chi connectivity index (χ4n) is 1.41. The van der Waals surface area contributed by atoms with Gasteiger partial charge in [-0.2, -0.15) is 0 Å². The molecule has 0 spiro atoms. The molecule has 0 amide bonds. The second-order valence-corrected chi connectivity index (χ2v) is 6.10. The van der Waals surface area contributed by atoms with Crippen LogP contribution in [0.1, 0.15) is 10.4 Å². The Morgan fingerprint density at radius 3 is 2.44 bits per heavy atom. The molecule has 0 radical (unpaired) electrons. The second kappa shape index (κ2) is 5.48. The average Bonchev–Trinajstić information content (AvgIpc) is 2.67. The van der Waals surface area contributed by atoms with Crippen molar-refractivity contribution in [2.45, 2.75) is 13.1 Å². The summed E-state index contributed by atoms with van der Waals surface area (Å²) in [5.74, 6) is 0. The summed E-state index contributed by atoms with van der Waals surface area (Å²) in [6.07, 6.45) is 0. The van der Waals surface area contributed by atoms with E-state index in [1.807, 2.05) is 24.3 Å². The van der Waals surface area contributed by atoms with E-state index in [1.54, 1.807) is 11.3 Å². The first-order valence-electron chi connectivity index (χ1n) is 5.03. The minimum Gasteiger partial charge on any atom is -0.399 e. The van der Waals surface area contributed by atoms with Crippen molar-refractivity contribution in [3.05, 3.63) is 50.6 Å². The minimum absolute atomic E-state index is 0.811. The summed E-state index contributed by atoms with van der Waals surface area (Å²) < 4.78 is 1.18. The highest BCUT2D eigenvalue weighted by molar-refractivity contribution is 9.11. The van der Waals surface area contributed by atoms with Gasteiger partial charge in [0.2, 0.25) is 0 Å². The lowest BCUT2D eigenvalue weighted by molar-refractivity contribution is 0.701. The highest BCUT2D eigenvalue weighted by atomic mass is 79.9. The van der Waals surface area contributed by atoms with Gasteiger partial charge in [-0.25, -0.2) is 0 Å². The van der Waals surface area contributed by atoms with Crippen LogP contribution in [0.2, 0.25) is 0 Å². The van der Waals surface area contributed by atoms with Crippen LogP contribution in [0.25, 0.3) is 0 Å². The molecule has 0 aliphatic heterocycles. The van der Waals surface area contributed by atoms with Crippen LogP contribution < -0.4 is 11.1 Å². The lowest BCUT2D eigenvalue weighted by Gasteiger charge is -2.03. The first-order chi connectivity index (χ1) is 7.74. The number of nitrogen functional groups attached to an aromatic ring is 1. The molecule has 0 saturated carbocycles. The summed E-state index contributed by atoms with van der Waals surface area (Å²) in [4.78, 5) is 1.34. The van der Waals surface area contributed by atoms with Crippen molar-refractivity contribution in [1.29, 1.82) is 0 Å². The van der Waals surface area contributed by atoms with Crippen molar-refractivity contribution in [3.63, 3.8) is 0 Å². The van der Waals surface area contributed by atoms with Crippen LogP contribution in [-0.4, -0.2) is 0 Å². The van der Waals surface area contributed by atoms with Gasteiger partial charge < -0.3 is 11.1 Å². The van der Waals surface area contributed by atoms with Gasteiger partial charge in [0.25, 0.3) is 0 Å². The lowest BCUT2D eigenvalue weighted by Crippen LogP contribution is -2.11. The summed E-state index contributed by atoms with van der Waals surface area (Å²) in [6, 6.07) is 12.2. The van der Waals surface area contributed by atoms with E-state index < -0.39 is 0 Å². The number of nitrogens with one attached hydrogen (secondary N) is 1. The molecule has 16 heavy (non-hydrogen) atoms. The molecule has 4 heteroatoms. The van der Waals surface area contributed by atoms with Gasteiger partial charge in [0.15, 0.2) is 0 Å². The molecule has 2 aromatic rings. The van der Waals surface area contributed by atoms with E-state index in [0.29, 0.717) is 0 Å². The Morgan fingerprint density at radius 2 is 1.81 bits per heavy atom. The van der Waals surface area contributed by atoms with Gasteiger partial charge in [0.1, 0.15) is 0 Å². The Balaban J connectivity index is 1.82. The van der Waals surface area contributed by atoms with Crippen LogP contribution in [-0.2, 0) is 13.1 Å². The minimum atomic E-state index is 0.811. The van der Waals surface area contributed by atoms with E-state index in [-0.39, 0.29) is 0 Å². The Kier molecular flexibility index (Phi) is 3.98. The molecule has 0 aliphatic rings. The number of hydrogen-bond donors (Lipinski definition) is 2. The number of anilines is 1. The number of nitrogens with two attached hydrogens (primary N) is 1. The van der Waals surface area contributed by atoms with Crippen LogP contribution in [0, 0.1) is 0 Å². The van der Waals surface area contributed by atoms with Gasteiger partial charge in [-0.1, -0.05) is 12.1 Å². The van der Waals surface area contributed by atoms with Gasteiger partial charge in [0, 0.05) is 23.7 Å². The SMILES string of the molecule is Nc1ccc(CNCc2ccc(Br)s2)cc1.